The second-order valence-electron chi connectivity index (χ2n) is 7.49. The number of nitrogens with one attached hydrogen (secondary N) is 1. The van der Waals surface area contributed by atoms with E-state index in [1.807, 2.05) is 36.4 Å². The molecule has 5 aromatic rings. The number of carbonyl (C=O) groups is 1. The lowest BCUT2D eigenvalue weighted by Gasteiger charge is -2.07. The third kappa shape index (κ3) is 4.21. The van der Waals surface area contributed by atoms with Gasteiger partial charge in [0.15, 0.2) is 0 Å². The minimum absolute atomic E-state index is 0.216. The van der Waals surface area contributed by atoms with Crippen LogP contribution in [-0.4, -0.2) is 20.7 Å². The normalized spacial score (nSPS) is 11.0. The molecule has 0 unspecified atom stereocenters. The van der Waals surface area contributed by atoms with E-state index in [4.69, 9.17) is 16.7 Å². The summed E-state index contributed by atoms with van der Waals surface area (Å²) in [5.41, 5.74) is 4.24. The Balaban J connectivity index is 1.59. The Morgan fingerprint density at radius 3 is 2.58 bits per heavy atom. The summed E-state index contributed by atoms with van der Waals surface area (Å²) in [4.78, 5) is 16.9. The maximum absolute atomic E-state index is 13.5. The van der Waals surface area contributed by atoms with Gasteiger partial charge < -0.3 is 5.32 Å². The van der Waals surface area contributed by atoms with Gasteiger partial charge in [-0.05, 0) is 60.2 Å². The monoisotopic (exact) mass is 456 g/mol. The van der Waals surface area contributed by atoms with Crippen LogP contribution in [0.25, 0.3) is 27.8 Å². The summed E-state index contributed by atoms with van der Waals surface area (Å²) in [6, 6.07) is 22.6. The molecule has 2 aromatic heterocycles. The standard InChI is InChI=1S/C26H18ClFN4O/c27-23-6-2-1-5-21(23)25-22-12-7-18(26(33)30-16-17-4-3-13-29-15-17)14-24(22)32(31-25)20-10-8-19(28)9-11-20/h1-15H,16H2,(H,30,33). The van der Waals surface area contributed by atoms with Crippen molar-refractivity contribution in [3.63, 3.8) is 0 Å². The molecule has 5 nitrogen and oxygen atoms in total. The van der Waals surface area contributed by atoms with E-state index < -0.39 is 0 Å². The fourth-order valence-corrected chi connectivity index (χ4v) is 3.90. The summed E-state index contributed by atoms with van der Waals surface area (Å²) in [6.45, 7) is 0.368. The van der Waals surface area contributed by atoms with Gasteiger partial charge in [-0.1, -0.05) is 35.9 Å². The van der Waals surface area contributed by atoms with Crippen LogP contribution < -0.4 is 5.32 Å². The Labute approximate surface area is 194 Å². The molecular formula is C26H18ClFN4O. The maximum Gasteiger partial charge on any atom is 0.251 e. The molecule has 7 heteroatoms. The minimum Gasteiger partial charge on any atom is -0.348 e. The Kier molecular flexibility index (Phi) is 5.59. The van der Waals surface area contributed by atoms with Crippen LogP contribution in [-0.2, 0) is 6.54 Å². The molecule has 0 fully saturated rings. The lowest BCUT2D eigenvalue weighted by atomic mass is 10.1. The van der Waals surface area contributed by atoms with Crippen molar-refractivity contribution < 1.29 is 9.18 Å². The number of pyridine rings is 1. The van der Waals surface area contributed by atoms with Crippen molar-refractivity contribution in [1.29, 1.82) is 0 Å². The third-order valence-corrected chi connectivity index (χ3v) is 5.65. The van der Waals surface area contributed by atoms with Crippen molar-refractivity contribution in [1.82, 2.24) is 20.1 Å². The molecule has 2 heterocycles. The number of carbonyl (C=O) groups excluding carboxylic acids is 1. The fraction of sp³-hybridized carbons (Fsp3) is 0.0385. The van der Waals surface area contributed by atoms with Crippen molar-refractivity contribution in [3.05, 3.63) is 113 Å². The molecule has 33 heavy (non-hydrogen) atoms. The second kappa shape index (κ2) is 8.84. The SMILES string of the molecule is O=C(NCc1cccnc1)c1ccc2c(-c3ccccc3Cl)nn(-c3ccc(F)cc3)c2c1. The van der Waals surface area contributed by atoms with Gasteiger partial charge in [0.05, 0.1) is 16.2 Å². The first kappa shape index (κ1) is 20.8. The van der Waals surface area contributed by atoms with E-state index in [2.05, 4.69) is 10.3 Å². The maximum atomic E-state index is 13.5. The van der Waals surface area contributed by atoms with Crippen molar-refractivity contribution in [3.8, 4) is 16.9 Å². The molecule has 0 bridgehead atoms. The van der Waals surface area contributed by atoms with Gasteiger partial charge in [-0.25, -0.2) is 9.07 Å². The summed E-state index contributed by atoms with van der Waals surface area (Å²) < 4.78 is 15.2. The quantitative estimate of drug-likeness (QED) is 0.363. The summed E-state index contributed by atoms with van der Waals surface area (Å²) in [5, 5.41) is 9.10. The summed E-state index contributed by atoms with van der Waals surface area (Å²) in [6.07, 6.45) is 3.40. The van der Waals surface area contributed by atoms with Gasteiger partial charge in [-0.2, -0.15) is 5.10 Å². The number of benzene rings is 3. The second-order valence-corrected chi connectivity index (χ2v) is 7.90. The number of fused-ring (bicyclic) bond motifs is 1. The number of aromatic nitrogens is 3. The fourth-order valence-electron chi connectivity index (χ4n) is 3.67. The van der Waals surface area contributed by atoms with Crippen molar-refractivity contribution >= 4 is 28.4 Å². The molecule has 0 aliphatic rings. The number of hydrogen-bond donors (Lipinski definition) is 1. The first-order chi connectivity index (χ1) is 16.1. The van der Waals surface area contributed by atoms with Gasteiger partial charge in [0.2, 0.25) is 0 Å². The number of hydrogen-bond acceptors (Lipinski definition) is 3. The van der Waals surface area contributed by atoms with Crippen LogP contribution in [0.1, 0.15) is 15.9 Å². The zero-order chi connectivity index (χ0) is 22.8. The smallest absolute Gasteiger partial charge is 0.251 e. The Bertz CT molecular complexity index is 1450. The predicted octanol–water partition coefficient (Wildman–Crippen LogP) is 5.81. The zero-order valence-electron chi connectivity index (χ0n) is 17.4. The van der Waals surface area contributed by atoms with Gasteiger partial charge >= 0.3 is 0 Å². The molecule has 1 amide bonds. The van der Waals surface area contributed by atoms with Gasteiger partial charge in [-0.3, -0.25) is 9.78 Å². The van der Waals surface area contributed by atoms with Gasteiger partial charge in [0.1, 0.15) is 11.5 Å². The molecule has 0 atom stereocenters. The number of halogens is 2. The summed E-state index contributed by atoms with van der Waals surface area (Å²) in [7, 11) is 0. The van der Waals surface area contributed by atoms with Gasteiger partial charge in [0, 0.05) is 35.5 Å². The topological polar surface area (TPSA) is 59.8 Å². The Hall–Kier alpha value is -4.03. The predicted molar refractivity (Wildman–Crippen MR) is 127 cm³/mol. The molecular weight excluding hydrogens is 439 g/mol. The van der Waals surface area contributed by atoms with Crippen LogP contribution in [0.15, 0.2) is 91.3 Å². The third-order valence-electron chi connectivity index (χ3n) is 5.32. The molecule has 0 radical (unpaired) electrons. The van der Waals surface area contributed by atoms with Crippen LogP contribution in [0.4, 0.5) is 4.39 Å². The molecule has 162 valence electrons. The largest absolute Gasteiger partial charge is 0.348 e. The minimum atomic E-state index is -0.336. The Morgan fingerprint density at radius 2 is 1.82 bits per heavy atom. The highest BCUT2D eigenvalue weighted by Gasteiger charge is 2.18. The van der Waals surface area contributed by atoms with Crippen LogP contribution in [0.3, 0.4) is 0 Å². The highest BCUT2D eigenvalue weighted by Crippen LogP contribution is 2.34. The highest BCUT2D eigenvalue weighted by atomic mass is 35.5. The van der Waals surface area contributed by atoms with Crippen LogP contribution in [0.5, 0.6) is 0 Å². The van der Waals surface area contributed by atoms with E-state index >= 15 is 0 Å². The number of rotatable bonds is 5. The van der Waals surface area contributed by atoms with E-state index in [-0.39, 0.29) is 11.7 Å². The van der Waals surface area contributed by atoms with Gasteiger partial charge in [-0.15, -0.1) is 0 Å². The average molecular weight is 457 g/mol. The van der Waals surface area contributed by atoms with Crippen LogP contribution >= 0.6 is 11.6 Å². The molecule has 3 aromatic carbocycles. The molecule has 0 spiro atoms. The molecule has 1 N–H and O–H groups in total. The van der Waals surface area contributed by atoms with Crippen molar-refractivity contribution in [2.75, 3.05) is 0 Å². The summed E-state index contributed by atoms with van der Waals surface area (Å²) in [5.74, 6) is -0.552. The van der Waals surface area contributed by atoms with E-state index in [1.54, 1.807) is 47.4 Å². The molecule has 5 rings (SSSR count). The van der Waals surface area contributed by atoms with E-state index in [0.717, 1.165) is 16.5 Å². The molecule has 0 saturated carbocycles. The lowest BCUT2D eigenvalue weighted by Crippen LogP contribution is -2.22. The first-order valence-electron chi connectivity index (χ1n) is 10.3. The van der Waals surface area contributed by atoms with Crippen molar-refractivity contribution in [2.45, 2.75) is 6.54 Å². The van der Waals surface area contributed by atoms with Crippen molar-refractivity contribution in [2.24, 2.45) is 0 Å². The average Bonchev–Trinajstić information content (AvgIpc) is 3.22. The highest BCUT2D eigenvalue weighted by molar-refractivity contribution is 6.33. The number of nitrogens with zero attached hydrogens (tertiary/aromatic N) is 3. The Morgan fingerprint density at radius 1 is 1.00 bits per heavy atom. The van der Waals surface area contributed by atoms with Crippen LogP contribution in [0, 0.1) is 5.82 Å². The van der Waals surface area contributed by atoms with E-state index in [0.29, 0.717) is 34.0 Å². The lowest BCUT2D eigenvalue weighted by molar-refractivity contribution is 0.0951. The van der Waals surface area contributed by atoms with E-state index in [9.17, 15) is 9.18 Å². The zero-order valence-corrected chi connectivity index (χ0v) is 18.1. The molecule has 0 aliphatic carbocycles. The number of amides is 1. The summed E-state index contributed by atoms with van der Waals surface area (Å²) >= 11 is 6.45. The molecule has 0 saturated heterocycles. The molecule has 0 aliphatic heterocycles. The van der Waals surface area contributed by atoms with Crippen LogP contribution in [0.2, 0.25) is 5.02 Å². The van der Waals surface area contributed by atoms with E-state index in [1.165, 1.54) is 12.1 Å². The first-order valence-corrected chi connectivity index (χ1v) is 10.7. The van der Waals surface area contributed by atoms with Gasteiger partial charge in [0.25, 0.3) is 5.91 Å².